The summed E-state index contributed by atoms with van der Waals surface area (Å²) in [7, 11) is 0. The predicted molar refractivity (Wildman–Crippen MR) is 91.6 cm³/mol. The Kier molecular flexibility index (Phi) is 5.06. The minimum atomic E-state index is -0.129. The Morgan fingerprint density at radius 2 is 2.13 bits per heavy atom. The van der Waals surface area contributed by atoms with Crippen LogP contribution in [0.15, 0.2) is 35.3 Å². The van der Waals surface area contributed by atoms with Gasteiger partial charge in [-0.3, -0.25) is 14.3 Å². The van der Waals surface area contributed by atoms with Crippen molar-refractivity contribution in [3.63, 3.8) is 0 Å². The molecule has 6 nitrogen and oxygen atoms in total. The second-order valence-electron chi connectivity index (χ2n) is 6.26. The lowest BCUT2D eigenvalue weighted by atomic mass is 9.90. The monoisotopic (exact) mass is 336 g/mol. The van der Waals surface area contributed by atoms with E-state index in [4.69, 9.17) is 5.73 Å². The fourth-order valence-corrected chi connectivity index (χ4v) is 2.92. The summed E-state index contributed by atoms with van der Waals surface area (Å²) in [6, 6.07) is 7.21. The van der Waals surface area contributed by atoms with Gasteiger partial charge in [-0.1, -0.05) is 19.1 Å². The summed E-state index contributed by atoms with van der Waals surface area (Å²) in [6.45, 7) is 4.23. The summed E-state index contributed by atoms with van der Waals surface area (Å²) in [5, 5.41) is 4.69. The van der Waals surface area contributed by atoms with Crippen LogP contribution in [0.4, 0.5) is 0 Å². The first-order valence-electron chi connectivity index (χ1n) is 7.45. The Bertz CT molecular complexity index is 776. The summed E-state index contributed by atoms with van der Waals surface area (Å²) >= 11 is 0. The van der Waals surface area contributed by atoms with Gasteiger partial charge in [0.25, 0.3) is 0 Å². The fourth-order valence-electron chi connectivity index (χ4n) is 2.92. The molecule has 0 saturated carbocycles. The van der Waals surface area contributed by atoms with Gasteiger partial charge in [0.2, 0.25) is 11.3 Å². The number of hydrogen-bond acceptors (Lipinski definition) is 4. The van der Waals surface area contributed by atoms with Crippen molar-refractivity contribution < 1.29 is 4.79 Å². The number of carbonyl (C=O) groups excluding carboxylic acids is 1. The van der Waals surface area contributed by atoms with Gasteiger partial charge in [0.05, 0.1) is 11.7 Å². The molecule has 2 aromatic rings. The van der Waals surface area contributed by atoms with E-state index in [1.165, 1.54) is 6.20 Å². The molecule has 3 rings (SSSR count). The largest absolute Gasteiger partial charge is 0.340 e. The summed E-state index contributed by atoms with van der Waals surface area (Å²) in [5.74, 6) is 0.0125. The van der Waals surface area contributed by atoms with Crippen molar-refractivity contribution in [1.82, 2.24) is 14.7 Å². The molecular formula is C16H21ClN4O2. The number of carbonyl (C=O) groups is 1. The number of halogens is 1. The molecule has 2 heterocycles. The van der Waals surface area contributed by atoms with Crippen LogP contribution in [0.1, 0.15) is 13.3 Å². The van der Waals surface area contributed by atoms with Crippen LogP contribution in [0.5, 0.6) is 0 Å². The third kappa shape index (κ3) is 3.38. The van der Waals surface area contributed by atoms with Crippen LogP contribution < -0.4 is 11.2 Å². The molecule has 1 amide bonds. The maximum absolute atomic E-state index is 12.5. The second kappa shape index (κ2) is 6.68. The van der Waals surface area contributed by atoms with E-state index in [2.05, 4.69) is 12.0 Å². The first-order chi connectivity index (χ1) is 10.5. The van der Waals surface area contributed by atoms with Crippen molar-refractivity contribution >= 4 is 29.2 Å². The van der Waals surface area contributed by atoms with E-state index in [-0.39, 0.29) is 35.7 Å². The topological polar surface area (TPSA) is 81.2 Å². The Hall–Kier alpha value is -1.92. The van der Waals surface area contributed by atoms with E-state index >= 15 is 0 Å². The zero-order valence-corrected chi connectivity index (χ0v) is 13.9. The molecule has 7 heteroatoms. The number of nitrogens with zero attached hydrogens (tertiary/aromatic N) is 3. The number of para-hydroxylation sites is 1. The van der Waals surface area contributed by atoms with Gasteiger partial charge in [0.15, 0.2) is 0 Å². The highest BCUT2D eigenvalue weighted by Gasteiger charge is 2.34. The average molecular weight is 337 g/mol. The van der Waals surface area contributed by atoms with Crippen LogP contribution in [0.3, 0.4) is 0 Å². The van der Waals surface area contributed by atoms with Crippen LogP contribution in [0, 0.1) is 5.41 Å². The molecule has 124 valence electrons. The predicted octanol–water partition coefficient (Wildman–Crippen LogP) is 1.02. The molecule has 0 bridgehead atoms. The van der Waals surface area contributed by atoms with Crippen molar-refractivity contribution in [1.29, 1.82) is 0 Å². The summed E-state index contributed by atoms with van der Waals surface area (Å²) in [4.78, 5) is 26.1. The number of aromatic nitrogens is 2. The number of benzene rings is 1. The highest BCUT2D eigenvalue weighted by atomic mass is 35.5. The third-order valence-electron chi connectivity index (χ3n) is 4.45. The molecule has 1 unspecified atom stereocenters. The fraction of sp³-hybridized carbons (Fsp3) is 0.438. The van der Waals surface area contributed by atoms with Crippen LogP contribution in [-0.4, -0.2) is 40.2 Å². The van der Waals surface area contributed by atoms with E-state index in [0.717, 1.165) is 13.0 Å². The van der Waals surface area contributed by atoms with Gasteiger partial charge in [0.1, 0.15) is 6.54 Å². The zero-order chi connectivity index (χ0) is 15.7. The molecule has 1 fully saturated rings. The van der Waals surface area contributed by atoms with Gasteiger partial charge in [-0.2, -0.15) is 5.10 Å². The van der Waals surface area contributed by atoms with Gasteiger partial charge in [0, 0.05) is 18.5 Å². The number of amides is 1. The molecule has 0 radical (unpaired) electrons. The maximum Gasteiger partial charge on any atom is 0.244 e. The third-order valence-corrected chi connectivity index (χ3v) is 4.45. The lowest BCUT2D eigenvalue weighted by molar-refractivity contribution is -0.131. The highest BCUT2D eigenvalue weighted by molar-refractivity contribution is 5.85. The molecular weight excluding hydrogens is 316 g/mol. The molecule has 1 aromatic heterocycles. The number of likely N-dealkylation sites (tertiary alicyclic amines) is 1. The average Bonchev–Trinajstić information content (AvgIpc) is 2.94. The van der Waals surface area contributed by atoms with Crippen molar-refractivity contribution in [2.45, 2.75) is 19.9 Å². The lowest BCUT2D eigenvalue weighted by Crippen LogP contribution is -2.36. The minimum absolute atomic E-state index is 0. The first-order valence-corrected chi connectivity index (χ1v) is 7.45. The van der Waals surface area contributed by atoms with Crippen molar-refractivity contribution in [3.8, 4) is 0 Å². The number of hydrogen-bond donors (Lipinski definition) is 1. The van der Waals surface area contributed by atoms with E-state index in [1.807, 2.05) is 23.1 Å². The zero-order valence-electron chi connectivity index (χ0n) is 13.1. The Morgan fingerprint density at radius 3 is 2.83 bits per heavy atom. The molecule has 0 spiro atoms. The summed E-state index contributed by atoms with van der Waals surface area (Å²) < 4.78 is 1.59. The Balaban J connectivity index is 0.00000192. The van der Waals surface area contributed by atoms with Gasteiger partial charge in [-0.05, 0) is 30.5 Å². The molecule has 2 N–H and O–H groups in total. The molecule has 1 aromatic carbocycles. The smallest absolute Gasteiger partial charge is 0.244 e. The first kappa shape index (κ1) is 17.4. The summed E-state index contributed by atoms with van der Waals surface area (Å²) in [6.07, 6.45) is 2.19. The SMILES string of the molecule is CC1(CN)CCN(C(=O)Cn2ncc(=O)c3ccccc32)C1.Cl. The Labute approximate surface area is 140 Å². The van der Waals surface area contributed by atoms with Crippen molar-refractivity contribution in [3.05, 3.63) is 40.7 Å². The molecule has 0 aliphatic carbocycles. The standard InChI is InChI=1S/C16H20N4O2.ClH/c1-16(10-17)6-7-19(11-16)15(22)9-20-13-5-3-2-4-12(13)14(21)8-18-20;/h2-5,8H,6-7,9-11,17H2,1H3;1H. The maximum atomic E-state index is 12.5. The van der Waals surface area contributed by atoms with E-state index in [9.17, 15) is 9.59 Å². The van der Waals surface area contributed by atoms with Gasteiger partial charge >= 0.3 is 0 Å². The highest BCUT2D eigenvalue weighted by Crippen LogP contribution is 2.28. The van der Waals surface area contributed by atoms with E-state index in [0.29, 0.717) is 24.0 Å². The number of nitrogens with two attached hydrogens (primary N) is 1. The normalized spacial score (nSPS) is 20.5. The second-order valence-corrected chi connectivity index (χ2v) is 6.26. The van der Waals surface area contributed by atoms with E-state index < -0.39 is 0 Å². The molecule has 1 aliphatic heterocycles. The van der Waals surface area contributed by atoms with Gasteiger partial charge < -0.3 is 10.6 Å². The van der Waals surface area contributed by atoms with Crippen LogP contribution in [-0.2, 0) is 11.3 Å². The Morgan fingerprint density at radius 1 is 1.39 bits per heavy atom. The van der Waals surface area contributed by atoms with Crippen molar-refractivity contribution in [2.24, 2.45) is 11.1 Å². The van der Waals surface area contributed by atoms with E-state index in [1.54, 1.807) is 10.7 Å². The lowest BCUT2D eigenvalue weighted by Gasteiger charge is -2.22. The van der Waals surface area contributed by atoms with Crippen molar-refractivity contribution in [2.75, 3.05) is 19.6 Å². The molecule has 1 saturated heterocycles. The van der Waals surface area contributed by atoms with Crippen LogP contribution >= 0.6 is 12.4 Å². The van der Waals surface area contributed by atoms with Gasteiger partial charge in [-0.15, -0.1) is 12.4 Å². The van der Waals surface area contributed by atoms with Crippen LogP contribution in [0.2, 0.25) is 0 Å². The molecule has 1 aliphatic rings. The molecule has 1 atom stereocenters. The van der Waals surface area contributed by atoms with Gasteiger partial charge in [-0.25, -0.2) is 0 Å². The quantitative estimate of drug-likeness (QED) is 0.907. The van der Waals surface area contributed by atoms with Crippen LogP contribution in [0.25, 0.3) is 10.9 Å². The summed E-state index contributed by atoms with van der Waals surface area (Å²) in [5.41, 5.74) is 6.35. The number of fused-ring (bicyclic) bond motifs is 1. The molecule has 23 heavy (non-hydrogen) atoms. The minimum Gasteiger partial charge on any atom is -0.340 e. The number of rotatable bonds is 3.